The van der Waals surface area contributed by atoms with Gasteiger partial charge in [0.15, 0.2) is 0 Å². The lowest BCUT2D eigenvalue weighted by Gasteiger charge is -2.06. The van der Waals surface area contributed by atoms with Crippen LogP contribution >= 0.6 is 0 Å². The van der Waals surface area contributed by atoms with Gasteiger partial charge in [0.2, 0.25) is 0 Å². The Morgan fingerprint density at radius 3 is 2.82 bits per heavy atom. The van der Waals surface area contributed by atoms with Gasteiger partial charge < -0.3 is 0 Å². The summed E-state index contributed by atoms with van der Waals surface area (Å²) in [6, 6.07) is 8.91. The molecule has 0 heterocycles. The maximum absolute atomic E-state index is 2.29. The van der Waals surface area contributed by atoms with Crippen molar-refractivity contribution < 1.29 is 0 Å². The van der Waals surface area contributed by atoms with Crippen LogP contribution in [0.25, 0.3) is 5.57 Å². The van der Waals surface area contributed by atoms with Crippen LogP contribution in [-0.4, -0.2) is 0 Å². The minimum Gasteiger partial charge on any atom is -0.0913 e. The van der Waals surface area contributed by atoms with Crippen molar-refractivity contribution in [1.82, 2.24) is 0 Å². The van der Waals surface area contributed by atoms with Gasteiger partial charge in [-0.05, 0) is 49.3 Å². The number of benzene rings is 1. The minimum absolute atomic E-state index is 1.13. The minimum atomic E-state index is 1.13. The lowest BCUT2D eigenvalue weighted by Crippen LogP contribution is -1.85. The third-order valence-electron chi connectivity index (χ3n) is 3.55. The number of hydrogen-bond acceptors (Lipinski definition) is 0. The van der Waals surface area contributed by atoms with Gasteiger partial charge in [0.25, 0.3) is 0 Å². The van der Waals surface area contributed by atoms with Crippen LogP contribution in [0.5, 0.6) is 0 Å². The van der Waals surface area contributed by atoms with Crippen molar-refractivity contribution >= 4 is 5.57 Å². The smallest absolute Gasteiger partial charge is 0.00519 e. The second kappa shape index (κ2) is 5.86. The first kappa shape index (κ1) is 12.2. The summed E-state index contributed by atoms with van der Waals surface area (Å²) in [6.07, 6.45) is 10.6. The van der Waals surface area contributed by atoms with Gasteiger partial charge in [0, 0.05) is 0 Å². The van der Waals surface area contributed by atoms with Gasteiger partial charge in [0.1, 0.15) is 0 Å². The van der Waals surface area contributed by atoms with Crippen molar-refractivity contribution in [3.63, 3.8) is 0 Å². The van der Waals surface area contributed by atoms with E-state index in [0.29, 0.717) is 0 Å². The highest BCUT2D eigenvalue weighted by Gasteiger charge is 2.19. The molecule has 1 aromatic carbocycles. The van der Waals surface area contributed by atoms with Crippen molar-refractivity contribution in [1.29, 1.82) is 0 Å². The number of fused-ring (bicyclic) bond motifs is 1. The number of hydrogen-bond donors (Lipinski definition) is 0. The van der Waals surface area contributed by atoms with Gasteiger partial charge in [0.05, 0.1) is 0 Å². The molecule has 1 aliphatic carbocycles. The van der Waals surface area contributed by atoms with Gasteiger partial charge in [-0.3, -0.25) is 0 Å². The molecule has 0 aromatic heterocycles. The fourth-order valence-electron chi connectivity index (χ4n) is 2.62. The van der Waals surface area contributed by atoms with Crippen LogP contribution in [0.2, 0.25) is 0 Å². The summed E-state index contributed by atoms with van der Waals surface area (Å²) >= 11 is 0. The largest absolute Gasteiger partial charge is 0.0913 e. The number of rotatable bonds is 5. The molecular weight excluding hydrogens is 204 g/mol. The fraction of sp³-hybridized carbons (Fsp3) is 0.412. The van der Waals surface area contributed by atoms with E-state index in [-0.39, 0.29) is 0 Å². The molecule has 0 unspecified atom stereocenters. The van der Waals surface area contributed by atoms with Crippen LogP contribution in [-0.2, 0) is 6.42 Å². The summed E-state index contributed by atoms with van der Waals surface area (Å²) in [4.78, 5) is 0. The molecule has 2 rings (SSSR count). The molecular formula is C17H22. The zero-order chi connectivity index (χ0) is 12.1. The Balaban J connectivity index is 2.26. The molecule has 0 radical (unpaired) electrons. The average molecular weight is 226 g/mol. The third-order valence-corrected chi connectivity index (χ3v) is 3.55. The maximum atomic E-state index is 2.29. The van der Waals surface area contributed by atoms with Gasteiger partial charge in [-0.1, -0.05) is 55.3 Å². The van der Waals surface area contributed by atoms with Crippen LogP contribution in [0.1, 0.15) is 50.7 Å². The van der Waals surface area contributed by atoms with Crippen molar-refractivity contribution in [2.45, 2.75) is 46.0 Å². The molecule has 1 aliphatic rings. The lowest BCUT2D eigenvalue weighted by molar-refractivity contribution is 0.821. The van der Waals surface area contributed by atoms with Crippen molar-refractivity contribution in [2.24, 2.45) is 0 Å². The van der Waals surface area contributed by atoms with Gasteiger partial charge in [-0.25, -0.2) is 0 Å². The second-order valence-electron chi connectivity index (χ2n) is 4.79. The Kier molecular flexibility index (Phi) is 4.19. The molecule has 0 spiro atoms. The van der Waals surface area contributed by atoms with E-state index in [1.54, 1.807) is 11.1 Å². The SMILES string of the molecule is C/C=C/CC1=C(CCCC)c2ccccc2C1. The molecule has 1 aromatic rings. The standard InChI is InChI=1S/C17H22/c1-3-5-9-14-13-15-10-7-8-12-17(15)16(14)11-6-4-2/h3,5,7-8,10,12H,4,6,9,11,13H2,1-2H3/b5-3+. The van der Waals surface area contributed by atoms with E-state index in [1.165, 1.54) is 36.8 Å². The van der Waals surface area contributed by atoms with Crippen LogP contribution in [0.3, 0.4) is 0 Å². The summed E-state index contributed by atoms with van der Waals surface area (Å²) in [6.45, 7) is 4.38. The Morgan fingerprint density at radius 2 is 2.06 bits per heavy atom. The highest BCUT2D eigenvalue weighted by atomic mass is 14.2. The topological polar surface area (TPSA) is 0 Å². The van der Waals surface area contributed by atoms with E-state index in [2.05, 4.69) is 50.3 Å². The van der Waals surface area contributed by atoms with Gasteiger partial charge in [-0.15, -0.1) is 0 Å². The molecule has 0 fully saturated rings. The highest BCUT2D eigenvalue weighted by Crippen LogP contribution is 2.37. The second-order valence-corrected chi connectivity index (χ2v) is 4.79. The Bertz CT molecular complexity index is 435. The fourth-order valence-corrected chi connectivity index (χ4v) is 2.62. The lowest BCUT2D eigenvalue weighted by atomic mass is 9.99. The molecule has 0 atom stereocenters. The number of unbranched alkanes of at least 4 members (excludes halogenated alkanes) is 1. The first-order valence-electron chi connectivity index (χ1n) is 6.77. The Labute approximate surface area is 105 Å². The Morgan fingerprint density at radius 1 is 1.24 bits per heavy atom. The van der Waals surface area contributed by atoms with Crippen LogP contribution in [0.15, 0.2) is 42.0 Å². The summed E-state index contributed by atoms with van der Waals surface area (Å²) < 4.78 is 0. The predicted molar refractivity (Wildman–Crippen MR) is 76.0 cm³/mol. The van der Waals surface area contributed by atoms with E-state index in [9.17, 15) is 0 Å². The molecule has 90 valence electrons. The quantitative estimate of drug-likeness (QED) is 0.609. The first-order valence-corrected chi connectivity index (χ1v) is 6.77. The van der Waals surface area contributed by atoms with Crippen LogP contribution < -0.4 is 0 Å². The molecule has 17 heavy (non-hydrogen) atoms. The zero-order valence-corrected chi connectivity index (χ0v) is 11.0. The molecule has 0 N–H and O–H groups in total. The normalized spacial score (nSPS) is 14.7. The van der Waals surface area contributed by atoms with Crippen molar-refractivity contribution in [3.05, 3.63) is 53.1 Å². The summed E-state index contributed by atoms with van der Waals surface area (Å²) in [5, 5.41) is 0. The number of allylic oxidation sites excluding steroid dienone is 4. The summed E-state index contributed by atoms with van der Waals surface area (Å²) in [5.41, 5.74) is 6.30. The molecule has 0 heteroatoms. The predicted octanol–water partition coefficient (Wildman–Crippen LogP) is 5.15. The van der Waals surface area contributed by atoms with E-state index < -0.39 is 0 Å². The van der Waals surface area contributed by atoms with E-state index in [1.807, 2.05) is 0 Å². The van der Waals surface area contributed by atoms with Crippen LogP contribution in [0, 0.1) is 0 Å². The highest BCUT2D eigenvalue weighted by molar-refractivity contribution is 5.76. The molecule has 0 saturated heterocycles. The molecule has 0 amide bonds. The van der Waals surface area contributed by atoms with E-state index in [0.717, 1.165) is 6.42 Å². The average Bonchev–Trinajstić information content (AvgIpc) is 2.71. The first-order chi connectivity index (χ1) is 8.36. The van der Waals surface area contributed by atoms with E-state index in [4.69, 9.17) is 0 Å². The Hall–Kier alpha value is -1.30. The molecule has 0 nitrogen and oxygen atoms in total. The van der Waals surface area contributed by atoms with Gasteiger partial charge >= 0.3 is 0 Å². The van der Waals surface area contributed by atoms with Crippen molar-refractivity contribution in [2.75, 3.05) is 0 Å². The molecule has 0 bridgehead atoms. The monoisotopic (exact) mass is 226 g/mol. The van der Waals surface area contributed by atoms with Crippen molar-refractivity contribution in [3.8, 4) is 0 Å². The molecule has 0 saturated carbocycles. The van der Waals surface area contributed by atoms with E-state index >= 15 is 0 Å². The van der Waals surface area contributed by atoms with Crippen LogP contribution in [0.4, 0.5) is 0 Å². The maximum Gasteiger partial charge on any atom is -0.00519 e. The summed E-state index contributed by atoms with van der Waals surface area (Å²) in [5.74, 6) is 0. The zero-order valence-electron chi connectivity index (χ0n) is 11.0. The molecule has 0 aliphatic heterocycles. The summed E-state index contributed by atoms with van der Waals surface area (Å²) in [7, 11) is 0. The third kappa shape index (κ3) is 2.69. The van der Waals surface area contributed by atoms with Gasteiger partial charge in [-0.2, -0.15) is 0 Å².